The van der Waals surface area contributed by atoms with Crippen molar-refractivity contribution in [3.05, 3.63) is 35.6 Å². The molecule has 0 saturated heterocycles. The fourth-order valence-electron chi connectivity index (χ4n) is 2.70. The Kier molecular flexibility index (Phi) is 3.93. The van der Waals surface area contributed by atoms with Crippen LogP contribution in [0, 0.1) is 11.7 Å². The monoisotopic (exact) mass is 263 g/mol. The van der Waals surface area contributed by atoms with E-state index in [4.69, 9.17) is 0 Å². The molecule has 2 nitrogen and oxygen atoms in total. The van der Waals surface area contributed by atoms with Gasteiger partial charge in [-0.25, -0.2) is 4.39 Å². The van der Waals surface area contributed by atoms with Gasteiger partial charge in [-0.15, -0.1) is 0 Å². The van der Waals surface area contributed by atoms with E-state index >= 15 is 0 Å². The molecule has 2 unspecified atom stereocenters. The van der Waals surface area contributed by atoms with Gasteiger partial charge in [0.05, 0.1) is 0 Å². The predicted molar refractivity (Wildman–Crippen MR) is 74.4 cm³/mol. The number of benzene rings is 1. The summed E-state index contributed by atoms with van der Waals surface area (Å²) in [4.78, 5) is 12.2. The van der Waals surface area contributed by atoms with Gasteiger partial charge in [-0.05, 0) is 50.3 Å². The summed E-state index contributed by atoms with van der Waals surface area (Å²) in [7, 11) is 0. The molecular formula is C16H22FNO. The van der Waals surface area contributed by atoms with Crippen LogP contribution >= 0.6 is 0 Å². The molecule has 1 aliphatic carbocycles. The van der Waals surface area contributed by atoms with Crippen molar-refractivity contribution in [3.63, 3.8) is 0 Å². The summed E-state index contributed by atoms with van der Waals surface area (Å²) in [5, 5.41) is 3.10. The fraction of sp³-hybridized carbons (Fsp3) is 0.562. The van der Waals surface area contributed by atoms with Crippen molar-refractivity contribution in [2.75, 3.05) is 0 Å². The van der Waals surface area contributed by atoms with E-state index in [1.807, 2.05) is 19.9 Å². The maximum atomic E-state index is 13.2. The molecule has 2 rings (SSSR count). The second-order valence-electron chi connectivity index (χ2n) is 6.13. The molecule has 1 aromatic carbocycles. The standard InChI is InChI=1S/C16H22FNO/c1-4-8-16(2,3)18-15(19)14-10-13(14)11-6-5-7-12(17)9-11/h5-7,9,13-14H,4,8,10H2,1-3H3,(H,18,19). The minimum Gasteiger partial charge on any atom is -0.351 e. The molecule has 1 aliphatic rings. The number of nitrogens with one attached hydrogen (secondary N) is 1. The maximum absolute atomic E-state index is 13.2. The number of halogens is 1. The highest BCUT2D eigenvalue weighted by molar-refractivity contribution is 5.83. The average Bonchev–Trinajstić information content (AvgIpc) is 3.07. The van der Waals surface area contributed by atoms with Crippen molar-refractivity contribution in [1.29, 1.82) is 0 Å². The second kappa shape index (κ2) is 5.32. The highest BCUT2D eigenvalue weighted by Crippen LogP contribution is 2.47. The zero-order valence-corrected chi connectivity index (χ0v) is 11.9. The minimum atomic E-state index is -0.227. The van der Waals surface area contributed by atoms with Gasteiger partial charge in [-0.3, -0.25) is 4.79 Å². The SMILES string of the molecule is CCCC(C)(C)NC(=O)C1CC1c1cccc(F)c1. The lowest BCUT2D eigenvalue weighted by Gasteiger charge is -2.25. The molecule has 1 N–H and O–H groups in total. The number of amides is 1. The van der Waals surface area contributed by atoms with Crippen molar-refractivity contribution in [3.8, 4) is 0 Å². The van der Waals surface area contributed by atoms with Crippen LogP contribution in [0.25, 0.3) is 0 Å². The van der Waals surface area contributed by atoms with Crippen LogP contribution in [0.5, 0.6) is 0 Å². The van der Waals surface area contributed by atoms with Crippen molar-refractivity contribution >= 4 is 5.91 Å². The molecule has 1 aromatic rings. The highest BCUT2D eigenvalue weighted by Gasteiger charge is 2.45. The van der Waals surface area contributed by atoms with Crippen LogP contribution in [0.2, 0.25) is 0 Å². The van der Waals surface area contributed by atoms with Crippen LogP contribution in [0.1, 0.15) is 51.5 Å². The number of carbonyl (C=O) groups is 1. The summed E-state index contributed by atoms with van der Waals surface area (Å²) in [6, 6.07) is 6.58. The number of hydrogen-bond acceptors (Lipinski definition) is 1. The van der Waals surface area contributed by atoms with Gasteiger partial charge >= 0.3 is 0 Å². The first-order valence-electron chi connectivity index (χ1n) is 7.00. The van der Waals surface area contributed by atoms with Crippen LogP contribution in [-0.2, 0) is 4.79 Å². The number of hydrogen-bond donors (Lipinski definition) is 1. The van der Waals surface area contributed by atoms with Gasteiger partial charge in [0, 0.05) is 11.5 Å². The first kappa shape index (κ1) is 14.0. The van der Waals surface area contributed by atoms with Gasteiger partial charge in [0.15, 0.2) is 0 Å². The summed E-state index contributed by atoms with van der Waals surface area (Å²) in [5.41, 5.74) is 0.787. The third-order valence-electron chi connectivity index (χ3n) is 3.74. The Balaban J connectivity index is 1.94. The first-order valence-corrected chi connectivity index (χ1v) is 7.00. The molecule has 1 fully saturated rings. The van der Waals surface area contributed by atoms with Crippen LogP contribution in [0.3, 0.4) is 0 Å². The average molecular weight is 263 g/mol. The largest absolute Gasteiger partial charge is 0.351 e. The third-order valence-corrected chi connectivity index (χ3v) is 3.74. The summed E-state index contributed by atoms with van der Waals surface area (Å²) >= 11 is 0. The Labute approximate surface area is 114 Å². The number of carbonyl (C=O) groups excluding carboxylic acids is 1. The molecule has 0 radical (unpaired) electrons. The van der Waals surface area contributed by atoms with E-state index in [0.29, 0.717) is 0 Å². The Hall–Kier alpha value is -1.38. The second-order valence-corrected chi connectivity index (χ2v) is 6.13. The van der Waals surface area contributed by atoms with Gasteiger partial charge < -0.3 is 5.32 Å². The summed E-state index contributed by atoms with van der Waals surface area (Å²) in [6.45, 7) is 6.21. The van der Waals surface area contributed by atoms with Crippen molar-refractivity contribution in [1.82, 2.24) is 5.32 Å². The van der Waals surface area contributed by atoms with Crippen LogP contribution in [0.15, 0.2) is 24.3 Å². The Morgan fingerprint density at radius 3 is 2.84 bits per heavy atom. The van der Waals surface area contributed by atoms with Gasteiger partial charge in [0.2, 0.25) is 5.91 Å². The van der Waals surface area contributed by atoms with E-state index in [2.05, 4.69) is 12.2 Å². The lowest BCUT2D eigenvalue weighted by atomic mass is 9.98. The van der Waals surface area contributed by atoms with Gasteiger partial charge in [-0.1, -0.05) is 25.5 Å². The zero-order valence-electron chi connectivity index (χ0n) is 11.9. The zero-order chi connectivity index (χ0) is 14.0. The molecule has 104 valence electrons. The van der Waals surface area contributed by atoms with Crippen molar-refractivity contribution in [2.45, 2.75) is 51.5 Å². The lowest BCUT2D eigenvalue weighted by Crippen LogP contribution is -2.44. The van der Waals surface area contributed by atoms with Gasteiger partial charge in [-0.2, -0.15) is 0 Å². The van der Waals surface area contributed by atoms with E-state index in [1.165, 1.54) is 12.1 Å². The molecule has 0 aliphatic heterocycles. The van der Waals surface area contributed by atoms with Gasteiger partial charge in [0.25, 0.3) is 0 Å². The Bertz CT molecular complexity index is 470. The molecule has 0 heterocycles. The first-order chi connectivity index (χ1) is 8.93. The normalized spacial score (nSPS) is 22.1. The summed E-state index contributed by atoms with van der Waals surface area (Å²) in [6.07, 6.45) is 2.85. The fourth-order valence-corrected chi connectivity index (χ4v) is 2.70. The van der Waals surface area contributed by atoms with Crippen LogP contribution in [0.4, 0.5) is 4.39 Å². The molecule has 0 spiro atoms. The molecule has 2 atom stereocenters. The lowest BCUT2D eigenvalue weighted by molar-refractivity contribution is -0.124. The maximum Gasteiger partial charge on any atom is 0.224 e. The smallest absolute Gasteiger partial charge is 0.224 e. The number of rotatable bonds is 5. The molecular weight excluding hydrogens is 241 g/mol. The molecule has 1 amide bonds. The van der Waals surface area contributed by atoms with E-state index in [9.17, 15) is 9.18 Å². The summed E-state index contributed by atoms with van der Waals surface area (Å²) < 4.78 is 13.2. The Morgan fingerprint density at radius 1 is 1.47 bits per heavy atom. The summed E-state index contributed by atoms with van der Waals surface area (Å²) in [5.74, 6) is 0.0774. The predicted octanol–water partition coefficient (Wildman–Crippen LogP) is 3.62. The topological polar surface area (TPSA) is 29.1 Å². The van der Waals surface area contributed by atoms with E-state index in [-0.39, 0.29) is 29.1 Å². The third kappa shape index (κ3) is 3.55. The quantitative estimate of drug-likeness (QED) is 0.863. The van der Waals surface area contributed by atoms with Crippen LogP contribution < -0.4 is 5.32 Å². The molecule has 19 heavy (non-hydrogen) atoms. The van der Waals surface area contributed by atoms with Crippen molar-refractivity contribution in [2.24, 2.45) is 5.92 Å². The van der Waals surface area contributed by atoms with E-state index in [0.717, 1.165) is 24.8 Å². The van der Waals surface area contributed by atoms with E-state index in [1.54, 1.807) is 6.07 Å². The molecule has 1 saturated carbocycles. The molecule has 3 heteroatoms. The van der Waals surface area contributed by atoms with E-state index < -0.39 is 0 Å². The molecule has 0 bridgehead atoms. The van der Waals surface area contributed by atoms with Gasteiger partial charge in [0.1, 0.15) is 5.82 Å². The van der Waals surface area contributed by atoms with Crippen molar-refractivity contribution < 1.29 is 9.18 Å². The molecule has 0 aromatic heterocycles. The Morgan fingerprint density at radius 2 is 2.21 bits per heavy atom. The highest BCUT2D eigenvalue weighted by atomic mass is 19.1. The van der Waals surface area contributed by atoms with Crippen LogP contribution in [-0.4, -0.2) is 11.4 Å². The minimum absolute atomic E-state index is 0.0120.